The molecule has 0 spiro atoms. The lowest BCUT2D eigenvalue weighted by Gasteiger charge is -2.18. The Morgan fingerprint density at radius 2 is 1.86 bits per heavy atom. The highest BCUT2D eigenvalue weighted by atomic mass is 32.2. The topological polar surface area (TPSA) is 76.3 Å². The molecule has 0 fully saturated rings. The van der Waals surface area contributed by atoms with E-state index in [-0.39, 0.29) is 17.1 Å². The average molecular weight is 325 g/mol. The number of rotatable bonds is 4. The van der Waals surface area contributed by atoms with Crippen molar-refractivity contribution < 1.29 is 8.42 Å². The van der Waals surface area contributed by atoms with Crippen molar-refractivity contribution in [2.75, 3.05) is 12.8 Å². The van der Waals surface area contributed by atoms with Crippen LogP contribution >= 0.6 is 11.3 Å². The lowest BCUT2D eigenvalue weighted by Crippen LogP contribution is -2.27. The van der Waals surface area contributed by atoms with Gasteiger partial charge in [0.25, 0.3) is 0 Å². The molecule has 0 bridgehead atoms. The van der Waals surface area contributed by atoms with Crippen molar-refractivity contribution in [3.63, 3.8) is 0 Å². The highest BCUT2D eigenvalue weighted by Crippen LogP contribution is 2.26. The zero-order chi connectivity index (χ0) is 15.8. The summed E-state index contributed by atoms with van der Waals surface area (Å²) < 4.78 is 26.6. The van der Waals surface area contributed by atoms with Gasteiger partial charge in [-0.05, 0) is 44.0 Å². The van der Waals surface area contributed by atoms with Gasteiger partial charge in [-0.1, -0.05) is 0 Å². The Morgan fingerprint density at radius 1 is 1.24 bits per heavy atom. The summed E-state index contributed by atoms with van der Waals surface area (Å²) in [6.07, 6.45) is 0. The maximum Gasteiger partial charge on any atom is 0.245 e. The maximum absolute atomic E-state index is 12.6. The molecule has 0 atom stereocenters. The van der Waals surface area contributed by atoms with Crippen LogP contribution in [0.3, 0.4) is 0 Å². The third-order valence-corrected chi connectivity index (χ3v) is 6.05. The first kappa shape index (κ1) is 15.9. The SMILES string of the molecule is Cc1nc(CN(C)S(=O)(=O)c2cc(C)c(C)cc2N)cs1. The monoisotopic (exact) mass is 325 g/mol. The fraction of sp³-hybridized carbons (Fsp3) is 0.357. The number of hydrogen-bond acceptors (Lipinski definition) is 5. The lowest BCUT2D eigenvalue weighted by molar-refractivity contribution is 0.463. The first-order valence-electron chi connectivity index (χ1n) is 6.46. The Balaban J connectivity index is 2.35. The molecule has 0 aliphatic heterocycles. The van der Waals surface area contributed by atoms with Crippen LogP contribution < -0.4 is 5.73 Å². The second kappa shape index (κ2) is 5.75. The van der Waals surface area contributed by atoms with Crippen molar-refractivity contribution in [3.8, 4) is 0 Å². The Morgan fingerprint density at radius 3 is 2.43 bits per heavy atom. The average Bonchev–Trinajstić information content (AvgIpc) is 2.79. The normalized spacial score (nSPS) is 12.0. The highest BCUT2D eigenvalue weighted by molar-refractivity contribution is 7.89. The van der Waals surface area contributed by atoms with Crippen molar-refractivity contribution in [2.45, 2.75) is 32.2 Å². The molecule has 2 aromatic rings. The van der Waals surface area contributed by atoms with Crippen LogP contribution in [0.25, 0.3) is 0 Å². The summed E-state index contributed by atoms with van der Waals surface area (Å²) in [6.45, 7) is 5.91. The molecule has 0 saturated heterocycles. The minimum atomic E-state index is -3.62. The molecule has 7 heteroatoms. The van der Waals surface area contributed by atoms with E-state index in [9.17, 15) is 8.42 Å². The molecule has 5 nitrogen and oxygen atoms in total. The molecular formula is C14H19N3O2S2. The molecule has 0 saturated carbocycles. The number of nitrogens with two attached hydrogens (primary N) is 1. The van der Waals surface area contributed by atoms with Gasteiger partial charge >= 0.3 is 0 Å². The van der Waals surface area contributed by atoms with E-state index in [0.29, 0.717) is 0 Å². The molecule has 2 rings (SSSR count). The van der Waals surface area contributed by atoms with E-state index in [1.165, 1.54) is 15.6 Å². The largest absolute Gasteiger partial charge is 0.398 e. The number of hydrogen-bond donors (Lipinski definition) is 1. The Labute approximate surface area is 129 Å². The number of aromatic nitrogens is 1. The Kier molecular flexibility index (Phi) is 4.36. The molecule has 1 heterocycles. The molecule has 0 aliphatic carbocycles. The van der Waals surface area contributed by atoms with Crippen molar-refractivity contribution in [1.29, 1.82) is 0 Å². The summed E-state index contributed by atoms with van der Waals surface area (Å²) in [5.41, 5.74) is 8.79. The molecular weight excluding hydrogens is 306 g/mol. The minimum Gasteiger partial charge on any atom is -0.398 e. The third-order valence-electron chi connectivity index (χ3n) is 3.37. The van der Waals surface area contributed by atoms with Crippen LogP contribution in [0, 0.1) is 20.8 Å². The quantitative estimate of drug-likeness (QED) is 0.876. The van der Waals surface area contributed by atoms with Crippen molar-refractivity contribution in [3.05, 3.63) is 39.3 Å². The predicted molar refractivity (Wildman–Crippen MR) is 85.8 cm³/mol. The smallest absolute Gasteiger partial charge is 0.245 e. The number of nitrogens with zero attached hydrogens (tertiary/aromatic N) is 2. The van der Waals surface area contributed by atoms with Crippen LogP contribution in [0.4, 0.5) is 5.69 Å². The van der Waals surface area contributed by atoms with Gasteiger partial charge in [-0.15, -0.1) is 11.3 Å². The van der Waals surface area contributed by atoms with Gasteiger partial charge in [0.15, 0.2) is 0 Å². The zero-order valence-corrected chi connectivity index (χ0v) is 14.2. The molecule has 21 heavy (non-hydrogen) atoms. The summed E-state index contributed by atoms with van der Waals surface area (Å²) in [4.78, 5) is 4.45. The predicted octanol–water partition coefficient (Wildman–Crippen LogP) is 2.47. The number of nitrogen functional groups attached to an aromatic ring is 1. The van der Waals surface area contributed by atoms with E-state index in [0.717, 1.165) is 21.8 Å². The standard InChI is InChI=1S/C14H19N3O2S2/c1-9-5-13(15)14(6-10(9)2)21(18,19)17(4)7-12-8-20-11(3)16-12/h5-6,8H,7,15H2,1-4H3. The Hall–Kier alpha value is -1.44. The van der Waals surface area contributed by atoms with Gasteiger partial charge in [-0.3, -0.25) is 0 Å². The van der Waals surface area contributed by atoms with E-state index in [1.807, 2.05) is 26.2 Å². The molecule has 0 radical (unpaired) electrons. The molecule has 0 aliphatic rings. The summed E-state index contributed by atoms with van der Waals surface area (Å²) in [5, 5.41) is 2.78. The first-order valence-corrected chi connectivity index (χ1v) is 8.78. The molecule has 0 unspecified atom stereocenters. The highest BCUT2D eigenvalue weighted by Gasteiger charge is 2.24. The number of anilines is 1. The maximum atomic E-state index is 12.6. The van der Waals surface area contributed by atoms with Crippen LogP contribution in [0.5, 0.6) is 0 Å². The van der Waals surface area contributed by atoms with Gasteiger partial charge < -0.3 is 5.73 Å². The van der Waals surface area contributed by atoms with E-state index in [4.69, 9.17) is 5.73 Å². The fourth-order valence-corrected chi connectivity index (χ4v) is 3.92. The van der Waals surface area contributed by atoms with Crippen molar-refractivity contribution >= 4 is 27.0 Å². The zero-order valence-electron chi connectivity index (χ0n) is 12.5. The van der Waals surface area contributed by atoms with Crippen LogP contribution in [-0.4, -0.2) is 24.8 Å². The van der Waals surface area contributed by atoms with Gasteiger partial charge in [0.2, 0.25) is 10.0 Å². The van der Waals surface area contributed by atoms with Crippen LogP contribution in [-0.2, 0) is 16.6 Å². The van der Waals surface area contributed by atoms with Crippen LogP contribution in [0.2, 0.25) is 0 Å². The van der Waals surface area contributed by atoms with Gasteiger partial charge in [0, 0.05) is 12.4 Å². The second-order valence-corrected chi connectivity index (χ2v) is 8.17. The molecule has 0 amide bonds. The van der Waals surface area contributed by atoms with Crippen molar-refractivity contribution in [1.82, 2.24) is 9.29 Å². The molecule has 1 aromatic carbocycles. The first-order chi connectivity index (χ1) is 9.71. The molecule has 2 N–H and O–H groups in total. The second-order valence-electron chi connectivity index (χ2n) is 5.09. The molecule has 1 aromatic heterocycles. The third kappa shape index (κ3) is 3.25. The lowest BCUT2D eigenvalue weighted by atomic mass is 10.1. The molecule has 114 valence electrons. The van der Waals surface area contributed by atoms with E-state index < -0.39 is 10.0 Å². The number of benzene rings is 1. The summed E-state index contributed by atoms with van der Waals surface area (Å²) in [7, 11) is -2.08. The van der Waals surface area contributed by atoms with Crippen LogP contribution in [0.15, 0.2) is 22.4 Å². The summed E-state index contributed by atoms with van der Waals surface area (Å²) in [6, 6.07) is 3.33. The van der Waals surface area contributed by atoms with Gasteiger partial charge in [0.1, 0.15) is 4.90 Å². The van der Waals surface area contributed by atoms with E-state index >= 15 is 0 Å². The summed E-state index contributed by atoms with van der Waals surface area (Å²) in [5.74, 6) is 0. The van der Waals surface area contributed by atoms with E-state index in [2.05, 4.69) is 4.98 Å². The Bertz CT molecular complexity index is 767. The van der Waals surface area contributed by atoms with E-state index in [1.54, 1.807) is 19.2 Å². The summed E-state index contributed by atoms with van der Waals surface area (Å²) >= 11 is 1.50. The number of thiazole rings is 1. The van der Waals surface area contributed by atoms with Crippen LogP contribution in [0.1, 0.15) is 21.8 Å². The van der Waals surface area contributed by atoms with Gasteiger partial charge in [-0.25, -0.2) is 13.4 Å². The van der Waals surface area contributed by atoms with Gasteiger partial charge in [0.05, 0.1) is 22.9 Å². The number of aryl methyl sites for hydroxylation is 3. The fourth-order valence-electron chi connectivity index (χ4n) is 2.00. The van der Waals surface area contributed by atoms with Crippen molar-refractivity contribution in [2.24, 2.45) is 0 Å². The minimum absolute atomic E-state index is 0.153. The number of sulfonamides is 1. The van der Waals surface area contributed by atoms with Gasteiger partial charge in [-0.2, -0.15) is 4.31 Å².